The molecule has 0 unspecified atom stereocenters. The van der Waals surface area contributed by atoms with Crippen LogP contribution < -0.4 is 0 Å². The van der Waals surface area contributed by atoms with Gasteiger partial charge in [-0.05, 0) is 61.4 Å². The van der Waals surface area contributed by atoms with Crippen molar-refractivity contribution in [1.29, 1.82) is 0 Å². The minimum atomic E-state index is -0.0832. The van der Waals surface area contributed by atoms with E-state index < -0.39 is 0 Å². The zero-order valence-electron chi connectivity index (χ0n) is 16.6. The normalized spacial score (nSPS) is 15.9. The maximum Gasteiger partial charge on any atom is 0.254 e. The van der Waals surface area contributed by atoms with Gasteiger partial charge in [-0.25, -0.2) is 9.97 Å². The second kappa shape index (κ2) is 8.28. The van der Waals surface area contributed by atoms with Gasteiger partial charge in [0.15, 0.2) is 5.82 Å². The van der Waals surface area contributed by atoms with Crippen LogP contribution in [0.25, 0.3) is 17.1 Å². The van der Waals surface area contributed by atoms with Gasteiger partial charge in [0, 0.05) is 34.6 Å². The van der Waals surface area contributed by atoms with Crippen molar-refractivity contribution in [1.82, 2.24) is 29.6 Å². The molecule has 5 rings (SSSR count). The minimum absolute atomic E-state index is 0.0101. The Bertz CT molecular complexity index is 1210. The van der Waals surface area contributed by atoms with Crippen molar-refractivity contribution in [2.45, 2.75) is 18.9 Å². The molecule has 154 valence electrons. The van der Waals surface area contributed by atoms with E-state index >= 15 is 0 Å². The summed E-state index contributed by atoms with van der Waals surface area (Å²) in [5.74, 6) is 0.618. The lowest BCUT2D eigenvalue weighted by Gasteiger charge is -2.25. The monoisotopic (exact) mass is 430 g/mol. The summed E-state index contributed by atoms with van der Waals surface area (Å²) in [6, 6.07) is 16.7. The largest absolute Gasteiger partial charge is 0.330 e. The molecule has 8 heteroatoms. The van der Waals surface area contributed by atoms with E-state index in [-0.39, 0.29) is 11.9 Å². The average Bonchev–Trinajstić information content (AvgIpc) is 3.52. The molecule has 1 atom stereocenters. The van der Waals surface area contributed by atoms with E-state index in [9.17, 15) is 4.79 Å². The number of carbonyl (C=O) groups excluding carboxylic acids is 1. The van der Waals surface area contributed by atoms with E-state index in [1.807, 2.05) is 59.5 Å². The van der Waals surface area contributed by atoms with Gasteiger partial charge in [0.25, 0.3) is 5.91 Å². The van der Waals surface area contributed by atoms with Crippen molar-refractivity contribution in [3.8, 4) is 17.1 Å². The third kappa shape index (κ3) is 3.92. The number of hydrogen-bond acceptors (Lipinski definition) is 5. The molecule has 1 amide bonds. The van der Waals surface area contributed by atoms with E-state index in [2.05, 4.69) is 15.2 Å². The number of nitrogens with zero attached hydrogens (tertiary/aromatic N) is 6. The predicted molar refractivity (Wildman–Crippen MR) is 117 cm³/mol. The summed E-state index contributed by atoms with van der Waals surface area (Å²) in [6.07, 6.45) is 6.78. The van der Waals surface area contributed by atoms with E-state index in [4.69, 9.17) is 16.6 Å². The Labute approximate surface area is 184 Å². The van der Waals surface area contributed by atoms with Crippen molar-refractivity contribution in [3.63, 3.8) is 0 Å². The summed E-state index contributed by atoms with van der Waals surface area (Å²) in [4.78, 5) is 24.5. The number of benzene rings is 2. The molecule has 3 heterocycles. The van der Waals surface area contributed by atoms with Gasteiger partial charge in [0.2, 0.25) is 0 Å². The molecule has 0 bridgehead atoms. The molecular weight excluding hydrogens is 412 g/mol. The highest BCUT2D eigenvalue weighted by Gasteiger charge is 2.32. The molecule has 0 aliphatic carbocycles. The molecule has 2 aromatic carbocycles. The van der Waals surface area contributed by atoms with Crippen LogP contribution in [0.15, 0.2) is 73.4 Å². The van der Waals surface area contributed by atoms with Gasteiger partial charge >= 0.3 is 0 Å². The van der Waals surface area contributed by atoms with Gasteiger partial charge in [-0.15, -0.1) is 10.2 Å². The SMILES string of the molecule is O=C(c1cccc(-n2cnnc2)c1)N1CCC[C@H]1c1ccnc(-c2ccc(Cl)cc2)n1. The summed E-state index contributed by atoms with van der Waals surface area (Å²) in [5, 5.41) is 8.34. The maximum atomic E-state index is 13.4. The first-order chi connectivity index (χ1) is 15.2. The van der Waals surface area contributed by atoms with Crippen LogP contribution in [0.2, 0.25) is 5.02 Å². The first-order valence-electron chi connectivity index (χ1n) is 10.0. The highest BCUT2D eigenvalue weighted by Crippen LogP contribution is 2.33. The number of rotatable bonds is 4. The fourth-order valence-electron chi connectivity index (χ4n) is 3.91. The fourth-order valence-corrected chi connectivity index (χ4v) is 4.04. The van der Waals surface area contributed by atoms with E-state index in [1.54, 1.807) is 23.4 Å². The number of carbonyl (C=O) groups is 1. The Morgan fingerprint density at radius 3 is 2.65 bits per heavy atom. The van der Waals surface area contributed by atoms with Crippen LogP contribution in [0, 0.1) is 0 Å². The van der Waals surface area contributed by atoms with Gasteiger partial charge < -0.3 is 4.90 Å². The van der Waals surface area contributed by atoms with Crippen LogP contribution in [0.3, 0.4) is 0 Å². The first-order valence-corrected chi connectivity index (χ1v) is 10.4. The summed E-state index contributed by atoms with van der Waals surface area (Å²) >= 11 is 6.00. The molecule has 0 saturated carbocycles. The lowest BCUT2D eigenvalue weighted by atomic mass is 10.1. The van der Waals surface area contributed by atoms with Crippen molar-refractivity contribution in [2.24, 2.45) is 0 Å². The summed E-state index contributed by atoms with van der Waals surface area (Å²) in [5.41, 5.74) is 3.22. The third-order valence-electron chi connectivity index (χ3n) is 5.44. The molecule has 0 radical (unpaired) electrons. The molecule has 1 saturated heterocycles. The number of aromatic nitrogens is 5. The zero-order chi connectivity index (χ0) is 21.2. The van der Waals surface area contributed by atoms with Crippen LogP contribution >= 0.6 is 11.6 Å². The smallest absolute Gasteiger partial charge is 0.254 e. The molecule has 1 aliphatic rings. The highest BCUT2D eigenvalue weighted by molar-refractivity contribution is 6.30. The third-order valence-corrected chi connectivity index (χ3v) is 5.70. The Morgan fingerprint density at radius 2 is 1.84 bits per heavy atom. The van der Waals surface area contributed by atoms with Crippen LogP contribution in [-0.4, -0.2) is 42.1 Å². The summed E-state index contributed by atoms with van der Waals surface area (Å²) < 4.78 is 1.78. The predicted octanol–water partition coefficient (Wildman–Crippen LogP) is 4.36. The summed E-state index contributed by atoms with van der Waals surface area (Å²) in [6.45, 7) is 0.695. The molecule has 4 aromatic rings. The van der Waals surface area contributed by atoms with E-state index in [0.29, 0.717) is 23.0 Å². The molecule has 2 aromatic heterocycles. The first kappa shape index (κ1) is 19.4. The van der Waals surface area contributed by atoms with Gasteiger partial charge in [-0.1, -0.05) is 17.7 Å². The Hall–Kier alpha value is -3.58. The van der Waals surface area contributed by atoms with Crippen LogP contribution in [0.5, 0.6) is 0 Å². The van der Waals surface area contributed by atoms with Gasteiger partial charge in [0.05, 0.1) is 11.7 Å². The molecule has 31 heavy (non-hydrogen) atoms. The van der Waals surface area contributed by atoms with Gasteiger partial charge in [-0.3, -0.25) is 9.36 Å². The molecular formula is C23H19ClN6O. The van der Waals surface area contributed by atoms with Crippen molar-refractivity contribution >= 4 is 17.5 Å². The van der Waals surface area contributed by atoms with Crippen LogP contribution in [0.4, 0.5) is 0 Å². The molecule has 1 aliphatic heterocycles. The number of amides is 1. The molecule has 1 fully saturated rings. The standard InChI is InChI=1S/C23H19ClN6O/c24-18-8-6-16(7-9-18)22-25-11-10-20(28-22)21-5-2-12-30(21)23(31)17-3-1-4-19(13-17)29-14-26-27-15-29/h1,3-4,6-11,13-15,21H,2,5,12H2/t21-/m0/s1. The quantitative estimate of drug-likeness (QED) is 0.481. The minimum Gasteiger partial charge on any atom is -0.330 e. The van der Waals surface area contributed by atoms with Crippen LogP contribution in [-0.2, 0) is 0 Å². The highest BCUT2D eigenvalue weighted by atomic mass is 35.5. The fraction of sp³-hybridized carbons (Fsp3) is 0.174. The Kier molecular flexibility index (Phi) is 5.18. The van der Waals surface area contributed by atoms with Crippen LogP contribution in [0.1, 0.15) is 34.9 Å². The topological polar surface area (TPSA) is 76.8 Å². The summed E-state index contributed by atoms with van der Waals surface area (Å²) in [7, 11) is 0. The maximum absolute atomic E-state index is 13.4. The second-order valence-corrected chi connectivity index (χ2v) is 7.82. The Morgan fingerprint density at radius 1 is 1.03 bits per heavy atom. The number of hydrogen-bond donors (Lipinski definition) is 0. The van der Waals surface area contributed by atoms with E-state index in [0.717, 1.165) is 29.8 Å². The molecule has 7 nitrogen and oxygen atoms in total. The number of likely N-dealkylation sites (tertiary alicyclic amines) is 1. The lowest BCUT2D eigenvalue weighted by molar-refractivity contribution is 0.0733. The lowest BCUT2D eigenvalue weighted by Crippen LogP contribution is -2.31. The zero-order valence-corrected chi connectivity index (χ0v) is 17.4. The molecule has 0 N–H and O–H groups in total. The van der Waals surface area contributed by atoms with Crippen molar-refractivity contribution in [3.05, 3.63) is 89.7 Å². The van der Waals surface area contributed by atoms with Crippen molar-refractivity contribution < 1.29 is 4.79 Å². The Balaban J connectivity index is 1.43. The second-order valence-electron chi connectivity index (χ2n) is 7.39. The van der Waals surface area contributed by atoms with Crippen molar-refractivity contribution in [2.75, 3.05) is 6.54 Å². The molecule has 0 spiro atoms. The van der Waals surface area contributed by atoms with Gasteiger partial charge in [-0.2, -0.15) is 0 Å². The van der Waals surface area contributed by atoms with E-state index in [1.165, 1.54) is 0 Å². The van der Waals surface area contributed by atoms with Gasteiger partial charge in [0.1, 0.15) is 12.7 Å². The average molecular weight is 431 g/mol. The number of halogens is 1.